The monoisotopic (exact) mass is 164 g/mol. The molecule has 0 spiro atoms. The van der Waals surface area contributed by atoms with Gasteiger partial charge in [-0.1, -0.05) is 0 Å². The fourth-order valence-corrected chi connectivity index (χ4v) is 1.26. The SMILES string of the molecule is Cc1ccnc(N2CC(N)C2)n1. The van der Waals surface area contributed by atoms with Crippen LogP contribution in [0.25, 0.3) is 0 Å². The van der Waals surface area contributed by atoms with Gasteiger partial charge >= 0.3 is 0 Å². The third kappa shape index (κ3) is 1.25. The molecule has 1 aromatic heterocycles. The summed E-state index contributed by atoms with van der Waals surface area (Å²) < 4.78 is 0. The molecule has 0 aliphatic carbocycles. The largest absolute Gasteiger partial charge is 0.338 e. The molecule has 0 bridgehead atoms. The number of nitrogens with zero attached hydrogens (tertiary/aromatic N) is 3. The average Bonchev–Trinajstić information content (AvgIpc) is 1.99. The molecule has 0 amide bonds. The summed E-state index contributed by atoms with van der Waals surface area (Å²) in [5.41, 5.74) is 6.65. The van der Waals surface area contributed by atoms with Gasteiger partial charge in [0.1, 0.15) is 0 Å². The number of aryl methyl sites for hydroxylation is 1. The summed E-state index contributed by atoms with van der Waals surface area (Å²) in [6.45, 7) is 3.72. The lowest BCUT2D eigenvalue weighted by atomic mass is 10.1. The molecule has 1 fully saturated rings. The third-order valence-electron chi connectivity index (χ3n) is 1.97. The molecule has 12 heavy (non-hydrogen) atoms. The van der Waals surface area contributed by atoms with Crippen molar-refractivity contribution in [1.82, 2.24) is 9.97 Å². The molecule has 2 rings (SSSR count). The number of hydrogen-bond acceptors (Lipinski definition) is 4. The third-order valence-corrected chi connectivity index (χ3v) is 1.97. The maximum atomic E-state index is 5.65. The molecule has 64 valence electrons. The maximum Gasteiger partial charge on any atom is 0.225 e. The first-order valence-corrected chi connectivity index (χ1v) is 4.06. The highest BCUT2D eigenvalue weighted by molar-refractivity contribution is 5.35. The second-order valence-electron chi connectivity index (χ2n) is 3.16. The Hall–Kier alpha value is -1.16. The highest BCUT2D eigenvalue weighted by Gasteiger charge is 2.24. The molecule has 0 aromatic carbocycles. The molecule has 0 unspecified atom stereocenters. The zero-order valence-corrected chi connectivity index (χ0v) is 7.07. The van der Waals surface area contributed by atoms with Crippen LogP contribution in [0.1, 0.15) is 5.69 Å². The molecule has 0 radical (unpaired) electrons. The minimum atomic E-state index is 0.300. The van der Waals surface area contributed by atoms with E-state index in [1.807, 2.05) is 13.0 Å². The highest BCUT2D eigenvalue weighted by Crippen LogP contribution is 2.13. The van der Waals surface area contributed by atoms with Crippen molar-refractivity contribution in [2.24, 2.45) is 5.73 Å². The van der Waals surface area contributed by atoms with Crippen molar-refractivity contribution in [3.05, 3.63) is 18.0 Å². The zero-order valence-electron chi connectivity index (χ0n) is 7.07. The number of rotatable bonds is 1. The summed E-state index contributed by atoms with van der Waals surface area (Å²) in [6.07, 6.45) is 1.78. The fraction of sp³-hybridized carbons (Fsp3) is 0.500. The predicted octanol–water partition coefficient (Wildman–Crippen LogP) is -0.0677. The van der Waals surface area contributed by atoms with Gasteiger partial charge in [-0.05, 0) is 13.0 Å². The van der Waals surface area contributed by atoms with E-state index in [9.17, 15) is 0 Å². The quantitative estimate of drug-likeness (QED) is 0.631. The Balaban J connectivity index is 2.13. The lowest BCUT2D eigenvalue weighted by Crippen LogP contribution is -2.56. The molecule has 0 saturated carbocycles. The van der Waals surface area contributed by atoms with Crippen LogP contribution in [0.3, 0.4) is 0 Å². The minimum Gasteiger partial charge on any atom is -0.338 e. The van der Waals surface area contributed by atoms with E-state index in [2.05, 4.69) is 14.9 Å². The molecule has 1 aliphatic heterocycles. The second kappa shape index (κ2) is 2.71. The summed E-state index contributed by atoms with van der Waals surface area (Å²) >= 11 is 0. The fourth-order valence-electron chi connectivity index (χ4n) is 1.26. The van der Waals surface area contributed by atoms with E-state index in [-0.39, 0.29) is 0 Å². The molecule has 0 atom stereocenters. The molecule has 2 N–H and O–H groups in total. The average molecular weight is 164 g/mol. The smallest absolute Gasteiger partial charge is 0.225 e. The number of anilines is 1. The van der Waals surface area contributed by atoms with Crippen molar-refractivity contribution in [2.45, 2.75) is 13.0 Å². The zero-order chi connectivity index (χ0) is 8.55. The Morgan fingerprint density at radius 2 is 2.33 bits per heavy atom. The van der Waals surface area contributed by atoms with Gasteiger partial charge in [0.05, 0.1) is 0 Å². The van der Waals surface area contributed by atoms with Gasteiger partial charge in [-0.3, -0.25) is 0 Å². The van der Waals surface area contributed by atoms with Crippen molar-refractivity contribution in [3.8, 4) is 0 Å². The van der Waals surface area contributed by atoms with Gasteiger partial charge in [-0.15, -0.1) is 0 Å². The lowest BCUT2D eigenvalue weighted by Gasteiger charge is -2.36. The molecule has 2 heterocycles. The van der Waals surface area contributed by atoms with Gasteiger partial charge in [0.15, 0.2) is 0 Å². The second-order valence-corrected chi connectivity index (χ2v) is 3.16. The van der Waals surface area contributed by atoms with Crippen molar-refractivity contribution in [1.29, 1.82) is 0 Å². The van der Waals surface area contributed by atoms with Crippen LogP contribution in [-0.4, -0.2) is 29.1 Å². The molecule has 1 aliphatic rings. The van der Waals surface area contributed by atoms with Gasteiger partial charge in [-0.2, -0.15) is 0 Å². The number of aromatic nitrogens is 2. The van der Waals surface area contributed by atoms with Gasteiger partial charge in [-0.25, -0.2) is 9.97 Å². The molecule has 1 aromatic rings. The van der Waals surface area contributed by atoms with E-state index in [0.717, 1.165) is 24.7 Å². The molecular weight excluding hydrogens is 152 g/mol. The molecule has 4 heteroatoms. The van der Waals surface area contributed by atoms with Crippen LogP contribution in [0, 0.1) is 6.92 Å². The van der Waals surface area contributed by atoms with Crippen LogP contribution < -0.4 is 10.6 Å². The Morgan fingerprint density at radius 1 is 1.58 bits per heavy atom. The lowest BCUT2D eigenvalue weighted by molar-refractivity contribution is 0.508. The number of hydrogen-bond donors (Lipinski definition) is 1. The van der Waals surface area contributed by atoms with Crippen LogP contribution in [0.4, 0.5) is 5.95 Å². The maximum absolute atomic E-state index is 5.65. The predicted molar refractivity (Wildman–Crippen MR) is 47.0 cm³/mol. The van der Waals surface area contributed by atoms with Gasteiger partial charge < -0.3 is 10.6 Å². The summed E-state index contributed by atoms with van der Waals surface area (Å²) in [5.74, 6) is 0.803. The molecule has 4 nitrogen and oxygen atoms in total. The van der Waals surface area contributed by atoms with Crippen molar-refractivity contribution in [2.75, 3.05) is 18.0 Å². The van der Waals surface area contributed by atoms with E-state index in [1.165, 1.54) is 0 Å². The van der Waals surface area contributed by atoms with Crippen molar-refractivity contribution < 1.29 is 0 Å². The van der Waals surface area contributed by atoms with Crippen molar-refractivity contribution in [3.63, 3.8) is 0 Å². The van der Waals surface area contributed by atoms with E-state index in [1.54, 1.807) is 6.20 Å². The first-order valence-electron chi connectivity index (χ1n) is 4.06. The van der Waals surface area contributed by atoms with Crippen molar-refractivity contribution >= 4 is 5.95 Å². The summed E-state index contributed by atoms with van der Waals surface area (Å²) in [4.78, 5) is 10.5. The highest BCUT2D eigenvalue weighted by atomic mass is 15.3. The van der Waals surface area contributed by atoms with Gasteiger partial charge in [0.25, 0.3) is 0 Å². The van der Waals surface area contributed by atoms with Crippen LogP contribution in [-0.2, 0) is 0 Å². The number of nitrogens with two attached hydrogens (primary N) is 1. The first kappa shape index (κ1) is 7.49. The normalized spacial score (nSPS) is 17.7. The Bertz CT molecular complexity index is 280. The van der Waals surface area contributed by atoms with Gasteiger partial charge in [0.2, 0.25) is 5.95 Å². The standard InChI is InChI=1S/C8H12N4/c1-6-2-3-10-8(11-6)12-4-7(9)5-12/h2-3,7H,4-5,9H2,1H3. The molecule has 1 saturated heterocycles. The van der Waals surface area contributed by atoms with Crippen LogP contribution in [0.15, 0.2) is 12.3 Å². The van der Waals surface area contributed by atoms with Crippen LogP contribution >= 0.6 is 0 Å². The first-order chi connectivity index (χ1) is 5.75. The van der Waals surface area contributed by atoms with E-state index in [4.69, 9.17) is 5.73 Å². The van der Waals surface area contributed by atoms with E-state index < -0.39 is 0 Å². The Labute approximate surface area is 71.4 Å². The summed E-state index contributed by atoms with van der Waals surface area (Å²) in [6, 6.07) is 2.19. The van der Waals surface area contributed by atoms with Gasteiger partial charge in [0, 0.05) is 31.0 Å². The molecular formula is C8H12N4. The Kier molecular flexibility index (Phi) is 1.69. The summed E-state index contributed by atoms with van der Waals surface area (Å²) in [5, 5.41) is 0. The minimum absolute atomic E-state index is 0.300. The summed E-state index contributed by atoms with van der Waals surface area (Å²) in [7, 11) is 0. The topological polar surface area (TPSA) is 55.0 Å². The Morgan fingerprint density at radius 3 is 2.92 bits per heavy atom. The van der Waals surface area contributed by atoms with E-state index in [0.29, 0.717) is 6.04 Å². The van der Waals surface area contributed by atoms with Crippen LogP contribution in [0.5, 0.6) is 0 Å². The van der Waals surface area contributed by atoms with E-state index >= 15 is 0 Å². The van der Waals surface area contributed by atoms with Crippen LogP contribution in [0.2, 0.25) is 0 Å².